The number of aromatic nitrogens is 4. The molecule has 1 aliphatic carbocycles. The topological polar surface area (TPSA) is 81.8 Å². The summed E-state index contributed by atoms with van der Waals surface area (Å²) in [4.78, 5) is 30.5. The van der Waals surface area contributed by atoms with E-state index < -0.39 is 0 Å². The summed E-state index contributed by atoms with van der Waals surface area (Å²) in [6, 6.07) is 9.78. The molecule has 1 fully saturated rings. The van der Waals surface area contributed by atoms with Gasteiger partial charge in [-0.05, 0) is 44.2 Å². The first-order valence-electron chi connectivity index (χ1n) is 11.2. The molecule has 7 nitrogen and oxygen atoms in total. The number of nitrogens with one attached hydrogen (secondary N) is 1. The molecular weight excluding hydrogens is 410 g/mol. The summed E-state index contributed by atoms with van der Waals surface area (Å²) >= 11 is 1.45. The number of fused-ring (bicyclic) bond motifs is 3. The molecule has 0 spiro atoms. The maximum Gasteiger partial charge on any atom is 0.284 e. The van der Waals surface area contributed by atoms with E-state index in [1.807, 2.05) is 30.3 Å². The predicted molar refractivity (Wildman–Crippen MR) is 121 cm³/mol. The molecule has 1 aromatic carbocycles. The van der Waals surface area contributed by atoms with Crippen LogP contribution in [0.3, 0.4) is 0 Å². The Hall–Kier alpha value is -2.61. The van der Waals surface area contributed by atoms with Crippen LogP contribution in [0.4, 0.5) is 0 Å². The maximum absolute atomic E-state index is 13.3. The summed E-state index contributed by atoms with van der Waals surface area (Å²) < 4.78 is 3.60. The molecule has 3 heterocycles. The lowest BCUT2D eigenvalue weighted by atomic mass is 10.1. The van der Waals surface area contributed by atoms with E-state index in [0.29, 0.717) is 23.2 Å². The van der Waals surface area contributed by atoms with Gasteiger partial charge >= 0.3 is 0 Å². The van der Waals surface area contributed by atoms with E-state index in [4.69, 9.17) is 4.98 Å². The van der Waals surface area contributed by atoms with Crippen LogP contribution in [0.2, 0.25) is 0 Å². The van der Waals surface area contributed by atoms with Gasteiger partial charge in [0.25, 0.3) is 5.56 Å². The number of hydrogen-bond donors (Lipinski definition) is 1. The highest BCUT2D eigenvalue weighted by atomic mass is 32.2. The van der Waals surface area contributed by atoms with E-state index in [9.17, 15) is 9.59 Å². The van der Waals surface area contributed by atoms with Gasteiger partial charge in [0.05, 0.1) is 11.4 Å². The molecule has 0 bridgehead atoms. The third kappa shape index (κ3) is 4.13. The molecule has 0 unspecified atom stereocenters. The summed E-state index contributed by atoms with van der Waals surface area (Å²) in [6.07, 6.45) is 8.59. The summed E-state index contributed by atoms with van der Waals surface area (Å²) in [6.45, 7) is 0.820. The lowest BCUT2D eigenvalue weighted by Crippen LogP contribution is -2.34. The lowest BCUT2D eigenvalue weighted by Gasteiger charge is -2.18. The number of benzene rings is 1. The van der Waals surface area contributed by atoms with Gasteiger partial charge in [0, 0.05) is 18.3 Å². The molecule has 3 aliphatic heterocycles. The minimum atomic E-state index is -0.116. The molecule has 0 atom stereocenters. The van der Waals surface area contributed by atoms with E-state index in [-0.39, 0.29) is 11.5 Å². The Morgan fingerprint density at radius 2 is 1.90 bits per heavy atom. The predicted octanol–water partition coefficient (Wildman–Crippen LogP) is 3.41. The molecule has 1 aromatic rings. The van der Waals surface area contributed by atoms with Crippen LogP contribution in [-0.2, 0) is 17.8 Å². The van der Waals surface area contributed by atoms with Crippen LogP contribution in [0.1, 0.15) is 50.6 Å². The quantitative estimate of drug-likeness (QED) is 0.489. The maximum atomic E-state index is 13.3. The molecule has 31 heavy (non-hydrogen) atoms. The number of carbonyl (C=O) groups is 1. The highest BCUT2D eigenvalue weighted by Crippen LogP contribution is 2.30. The van der Waals surface area contributed by atoms with Crippen LogP contribution in [-0.4, -0.2) is 37.0 Å². The van der Waals surface area contributed by atoms with E-state index in [2.05, 4.69) is 15.0 Å². The largest absolute Gasteiger partial charge is 0.353 e. The standard InChI is InChI=1S/C23H27N5O2S/c29-19(24-16-9-6-7-10-16)15-31-23-25-21-20(18-13-5-2-8-14-27(18)23)22(30)28(26-21)17-11-3-1-4-12-17/h1,3-4,11-12,16H,2,5-10,13-15H2,(H,24,29). The van der Waals surface area contributed by atoms with Gasteiger partial charge in [-0.2, -0.15) is 4.68 Å². The molecule has 1 amide bonds. The zero-order valence-corrected chi connectivity index (χ0v) is 18.4. The molecule has 0 aromatic heterocycles. The summed E-state index contributed by atoms with van der Waals surface area (Å²) in [5, 5.41) is 8.49. The normalized spacial score (nSPS) is 16.9. The van der Waals surface area contributed by atoms with Crippen molar-refractivity contribution in [2.75, 3.05) is 5.75 Å². The number of thioether (sulfide) groups is 1. The van der Waals surface area contributed by atoms with Gasteiger partial charge in [0.15, 0.2) is 11.0 Å². The van der Waals surface area contributed by atoms with E-state index >= 15 is 0 Å². The molecule has 1 saturated carbocycles. The molecule has 4 aliphatic rings. The molecule has 162 valence electrons. The van der Waals surface area contributed by atoms with Crippen LogP contribution < -0.4 is 10.9 Å². The summed E-state index contributed by atoms with van der Waals surface area (Å²) in [5.74, 6) is 0.861. The number of amides is 1. The Labute approximate surface area is 185 Å². The van der Waals surface area contributed by atoms with Crippen molar-refractivity contribution in [3.63, 3.8) is 0 Å². The average Bonchev–Trinajstić information content (AvgIpc) is 3.33. The minimum absolute atomic E-state index is 0.0566. The van der Waals surface area contributed by atoms with Gasteiger partial charge < -0.3 is 9.88 Å². The highest BCUT2D eigenvalue weighted by molar-refractivity contribution is 7.99. The van der Waals surface area contributed by atoms with Crippen LogP contribution in [0.25, 0.3) is 17.1 Å². The first-order chi connectivity index (χ1) is 15.2. The third-order valence-corrected chi connectivity index (χ3v) is 7.20. The van der Waals surface area contributed by atoms with Crippen molar-refractivity contribution < 1.29 is 4.79 Å². The first-order valence-corrected chi connectivity index (χ1v) is 12.2. The lowest BCUT2D eigenvalue weighted by molar-refractivity contribution is -0.119. The zero-order chi connectivity index (χ0) is 21.2. The fourth-order valence-electron chi connectivity index (χ4n) is 4.68. The van der Waals surface area contributed by atoms with Crippen molar-refractivity contribution in [2.24, 2.45) is 0 Å². The molecule has 0 radical (unpaired) electrons. The van der Waals surface area contributed by atoms with Crippen molar-refractivity contribution in [1.29, 1.82) is 0 Å². The zero-order valence-electron chi connectivity index (χ0n) is 17.5. The van der Waals surface area contributed by atoms with Gasteiger partial charge in [-0.25, -0.2) is 4.98 Å². The minimum Gasteiger partial charge on any atom is -0.353 e. The van der Waals surface area contributed by atoms with E-state index in [1.54, 1.807) is 0 Å². The van der Waals surface area contributed by atoms with Gasteiger partial charge in [-0.3, -0.25) is 9.59 Å². The number of nitrogens with zero attached hydrogens (tertiary/aromatic N) is 4. The van der Waals surface area contributed by atoms with Gasteiger partial charge in [-0.15, -0.1) is 5.10 Å². The second-order valence-corrected chi connectivity index (χ2v) is 9.33. The molecule has 5 rings (SSSR count). The average molecular weight is 438 g/mol. The van der Waals surface area contributed by atoms with Crippen molar-refractivity contribution in [3.05, 3.63) is 46.4 Å². The van der Waals surface area contributed by atoms with Gasteiger partial charge in [0.2, 0.25) is 5.91 Å². The fourth-order valence-corrected chi connectivity index (χ4v) is 5.53. The number of rotatable bonds is 5. The smallest absolute Gasteiger partial charge is 0.284 e. The second kappa shape index (κ2) is 8.86. The molecule has 1 N–H and O–H groups in total. The first kappa shape index (κ1) is 20.3. The Kier molecular flexibility index (Phi) is 5.80. The SMILES string of the molecule is O=C(CSc1nc2nn(-c3ccccc3)c(=O)c-2c2n1CCCCC2)NC1CCCC1. The number of hydrogen-bond acceptors (Lipinski definition) is 5. The van der Waals surface area contributed by atoms with Crippen LogP contribution >= 0.6 is 11.8 Å². The second-order valence-electron chi connectivity index (χ2n) is 8.39. The molecule has 0 saturated heterocycles. The summed E-state index contributed by atoms with van der Waals surface area (Å²) in [5.41, 5.74) is 2.25. The van der Waals surface area contributed by atoms with Crippen molar-refractivity contribution in [1.82, 2.24) is 24.6 Å². The Bertz CT molecular complexity index is 1100. The van der Waals surface area contributed by atoms with Crippen molar-refractivity contribution in [3.8, 4) is 17.1 Å². The van der Waals surface area contributed by atoms with Gasteiger partial charge in [-0.1, -0.05) is 49.2 Å². The Morgan fingerprint density at radius 3 is 2.71 bits per heavy atom. The van der Waals surface area contributed by atoms with Crippen molar-refractivity contribution >= 4 is 17.7 Å². The fraction of sp³-hybridized carbons (Fsp3) is 0.478. The summed E-state index contributed by atoms with van der Waals surface area (Å²) in [7, 11) is 0. The van der Waals surface area contributed by atoms with E-state index in [0.717, 1.165) is 61.6 Å². The Balaban J connectivity index is 1.49. The highest BCUT2D eigenvalue weighted by Gasteiger charge is 2.27. The van der Waals surface area contributed by atoms with Crippen LogP contribution in [0.5, 0.6) is 0 Å². The number of carbonyl (C=O) groups excluding carboxylic acids is 1. The molecule has 8 heteroatoms. The van der Waals surface area contributed by atoms with E-state index in [1.165, 1.54) is 29.3 Å². The third-order valence-electron chi connectivity index (χ3n) is 6.22. The molecular formula is C23H27N5O2S. The van der Waals surface area contributed by atoms with Crippen molar-refractivity contribution in [2.45, 2.75) is 69.1 Å². The van der Waals surface area contributed by atoms with Crippen LogP contribution in [0, 0.1) is 0 Å². The number of para-hydroxylation sites is 1. The Morgan fingerprint density at radius 1 is 1.10 bits per heavy atom. The monoisotopic (exact) mass is 437 g/mol. The van der Waals surface area contributed by atoms with Gasteiger partial charge in [0.1, 0.15) is 5.56 Å². The van der Waals surface area contributed by atoms with Crippen LogP contribution in [0.15, 0.2) is 40.3 Å².